The molecule has 0 N–H and O–H groups in total. The highest BCUT2D eigenvalue weighted by molar-refractivity contribution is 6.16. The van der Waals surface area contributed by atoms with Crippen molar-refractivity contribution in [1.29, 1.82) is 0 Å². The van der Waals surface area contributed by atoms with Crippen molar-refractivity contribution < 1.29 is 14.3 Å². The zero-order chi connectivity index (χ0) is 18.8. The van der Waals surface area contributed by atoms with Crippen LogP contribution in [0.1, 0.15) is 48.7 Å². The highest BCUT2D eigenvalue weighted by Crippen LogP contribution is 2.42. The van der Waals surface area contributed by atoms with Gasteiger partial charge in [0.25, 0.3) is 0 Å². The molecule has 2 aromatic rings. The van der Waals surface area contributed by atoms with Crippen LogP contribution in [0.2, 0.25) is 0 Å². The summed E-state index contributed by atoms with van der Waals surface area (Å²) in [5.41, 5.74) is 0.766. The van der Waals surface area contributed by atoms with Crippen molar-refractivity contribution in [3.05, 3.63) is 77.4 Å². The van der Waals surface area contributed by atoms with E-state index in [0.29, 0.717) is 18.4 Å². The Labute approximate surface area is 154 Å². The Morgan fingerprint density at radius 3 is 2.38 bits per heavy atom. The van der Waals surface area contributed by atoms with E-state index < -0.39 is 17.0 Å². The predicted octanol–water partition coefficient (Wildman–Crippen LogP) is 4.86. The Morgan fingerprint density at radius 2 is 1.73 bits per heavy atom. The maximum atomic E-state index is 13.2. The minimum atomic E-state index is -1.18. The second-order valence-electron chi connectivity index (χ2n) is 7.76. The molecule has 0 fully saturated rings. The molecule has 2 aromatic carbocycles. The smallest absolute Gasteiger partial charge is 0.321 e. The standard InChI is InChI=1S/C23H24O3/c1-22(2,3)26-21(25)23(15-9-12-17-10-5-4-6-11-17)16-18-13-7-8-14-19(18)20(23)24/h4-14H,15-16H2,1-3H3/b12-9+. The van der Waals surface area contributed by atoms with Crippen molar-refractivity contribution in [3.8, 4) is 0 Å². The van der Waals surface area contributed by atoms with Gasteiger partial charge in [0.2, 0.25) is 0 Å². The molecule has 26 heavy (non-hydrogen) atoms. The van der Waals surface area contributed by atoms with E-state index >= 15 is 0 Å². The highest BCUT2D eigenvalue weighted by Gasteiger charge is 2.52. The van der Waals surface area contributed by atoms with E-state index in [-0.39, 0.29) is 5.78 Å². The third kappa shape index (κ3) is 3.62. The lowest BCUT2D eigenvalue weighted by Crippen LogP contribution is -2.42. The van der Waals surface area contributed by atoms with E-state index in [9.17, 15) is 9.59 Å². The molecular formula is C23H24O3. The second-order valence-corrected chi connectivity index (χ2v) is 7.76. The molecule has 0 amide bonds. The van der Waals surface area contributed by atoms with E-state index in [0.717, 1.165) is 11.1 Å². The third-order valence-corrected chi connectivity index (χ3v) is 4.55. The molecule has 3 nitrogen and oxygen atoms in total. The molecule has 1 unspecified atom stereocenters. The number of hydrogen-bond acceptors (Lipinski definition) is 3. The van der Waals surface area contributed by atoms with Gasteiger partial charge in [-0.05, 0) is 44.7 Å². The summed E-state index contributed by atoms with van der Waals surface area (Å²) in [7, 11) is 0. The van der Waals surface area contributed by atoms with E-state index in [1.54, 1.807) is 6.07 Å². The second kappa shape index (κ2) is 6.91. The molecule has 0 saturated carbocycles. The number of Topliss-reactive ketones (excluding diaryl/α,β-unsaturated/α-hetero) is 1. The van der Waals surface area contributed by atoms with Crippen LogP contribution in [0.4, 0.5) is 0 Å². The van der Waals surface area contributed by atoms with Gasteiger partial charge in [-0.25, -0.2) is 0 Å². The maximum absolute atomic E-state index is 13.2. The first kappa shape index (κ1) is 18.1. The quantitative estimate of drug-likeness (QED) is 0.585. The van der Waals surface area contributed by atoms with Gasteiger partial charge < -0.3 is 4.74 Å². The molecule has 134 valence electrons. The fraction of sp³-hybridized carbons (Fsp3) is 0.304. The van der Waals surface area contributed by atoms with Gasteiger partial charge in [0.05, 0.1) is 0 Å². The SMILES string of the molecule is CC(C)(C)OC(=O)C1(C/C=C/c2ccccc2)Cc2ccccc2C1=O. The first-order valence-corrected chi connectivity index (χ1v) is 8.90. The molecule has 0 heterocycles. The summed E-state index contributed by atoms with van der Waals surface area (Å²) in [4.78, 5) is 26.2. The summed E-state index contributed by atoms with van der Waals surface area (Å²) in [6, 6.07) is 17.3. The zero-order valence-corrected chi connectivity index (χ0v) is 15.5. The summed E-state index contributed by atoms with van der Waals surface area (Å²) in [6.07, 6.45) is 4.56. The number of benzene rings is 2. The molecule has 0 saturated heterocycles. The van der Waals surface area contributed by atoms with E-state index in [2.05, 4.69) is 0 Å². The monoisotopic (exact) mass is 348 g/mol. The first-order chi connectivity index (χ1) is 12.3. The molecule has 1 aliphatic rings. The Hall–Kier alpha value is -2.68. The number of hydrogen-bond donors (Lipinski definition) is 0. The molecule has 1 atom stereocenters. The van der Waals surface area contributed by atoms with Crippen LogP contribution in [0.15, 0.2) is 60.7 Å². The molecule has 0 aliphatic heterocycles. The number of allylic oxidation sites excluding steroid dienone is 1. The number of ketones is 1. The van der Waals surface area contributed by atoms with E-state index in [1.165, 1.54) is 0 Å². The number of rotatable bonds is 4. The van der Waals surface area contributed by atoms with Crippen LogP contribution in [0.3, 0.4) is 0 Å². The minimum Gasteiger partial charge on any atom is -0.459 e. The maximum Gasteiger partial charge on any atom is 0.321 e. The normalized spacial score (nSPS) is 19.6. The summed E-state index contributed by atoms with van der Waals surface area (Å²) in [5.74, 6) is -0.580. The number of carbonyl (C=O) groups is 2. The minimum absolute atomic E-state index is 0.139. The summed E-state index contributed by atoms with van der Waals surface area (Å²) in [5, 5.41) is 0. The van der Waals surface area contributed by atoms with Gasteiger partial charge in [-0.3, -0.25) is 9.59 Å². The van der Waals surface area contributed by atoms with Crippen LogP contribution in [0.25, 0.3) is 6.08 Å². The van der Waals surface area contributed by atoms with E-state index in [1.807, 2.05) is 81.5 Å². The number of carbonyl (C=O) groups excluding carboxylic acids is 2. The molecule has 1 aliphatic carbocycles. The van der Waals surface area contributed by atoms with Gasteiger partial charge in [-0.1, -0.05) is 66.7 Å². The van der Waals surface area contributed by atoms with Gasteiger partial charge in [-0.15, -0.1) is 0 Å². The average Bonchev–Trinajstić information content (AvgIpc) is 2.88. The Balaban J connectivity index is 1.92. The van der Waals surface area contributed by atoms with Crippen molar-refractivity contribution in [2.75, 3.05) is 0 Å². The lowest BCUT2D eigenvalue weighted by atomic mass is 9.80. The van der Waals surface area contributed by atoms with Crippen molar-refractivity contribution in [3.63, 3.8) is 0 Å². The van der Waals surface area contributed by atoms with Gasteiger partial charge in [-0.2, -0.15) is 0 Å². The highest BCUT2D eigenvalue weighted by atomic mass is 16.6. The number of fused-ring (bicyclic) bond motifs is 1. The zero-order valence-electron chi connectivity index (χ0n) is 15.5. The van der Waals surface area contributed by atoms with Crippen molar-refractivity contribution in [2.24, 2.45) is 5.41 Å². The topological polar surface area (TPSA) is 43.4 Å². The van der Waals surface area contributed by atoms with Crippen LogP contribution < -0.4 is 0 Å². The van der Waals surface area contributed by atoms with Gasteiger partial charge in [0.15, 0.2) is 5.78 Å². The summed E-state index contributed by atoms with van der Waals surface area (Å²) < 4.78 is 5.64. The van der Waals surface area contributed by atoms with Crippen LogP contribution in [0.5, 0.6) is 0 Å². The Kier molecular flexibility index (Phi) is 4.82. The summed E-state index contributed by atoms with van der Waals surface area (Å²) in [6.45, 7) is 5.47. The molecule has 0 bridgehead atoms. The largest absolute Gasteiger partial charge is 0.459 e. The Morgan fingerprint density at radius 1 is 1.08 bits per heavy atom. The first-order valence-electron chi connectivity index (χ1n) is 8.90. The molecule has 3 rings (SSSR count). The van der Waals surface area contributed by atoms with Crippen LogP contribution in [0, 0.1) is 5.41 Å². The molecule has 0 radical (unpaired) electrons. The third-order valence-electron chi connectivity index (χ3n) is 4.55. The van der Waals surface area contributed by atoms with Crippen LogP contribution in [-0.4, -0.2) is 17.4 Å². The molecule has 0 aromatic heterocycles. The predicted molar refractivity (Wildman–Crippen MR) is 103 cm³/mol. The lowest BCUT2D eigenvalue weighted by molar-refractivity contribution is -0.164. The fourth-order valence-electron chi connectivity index (χ4n) is 3.31. The van der Waals surface area contributed by atoms with E-state index in [4.69, 9.17) is 4.74 Å². The molecule has 3 heteroatoms. The summed E-state index contributed by atoms with van der Waals surface area (Å²) >= 11 is 0. The van der Waals surface area contributed by atoms with Crippen molar-refractivity contribution in [2.45, 2.75) is 39.2 Å². The van der Waals surface area contributed by atoms with Crippen molar-refractivity contribution in [1.82, 2.24) is 0 Å². The van der Waals surface area contributed by atoms with Crippen molar-refractivity contribution >= 4 is 17.8 Å². The van der Waals surface area contributed by atoms with Crippen LogP contribution >= 0.6 is 0 Å². The van der Waals surface area contributed by atoms with Gasteiger partial charge in [0.1, 0.15) is 11.0 Å². The van der Waals surface area contributed by atoms with Crippen LogP contribution in [-0.2, 0) is 16.0 Å². The fourth-order valence-corrected chi connectivity index (χ4v) is 3.31. The Bertz CT molecular complexity index is 843. The number of ether oxygens (including phenoxy) is 1. The van der Waals surface area contributed by atoms with Gasteiger partial charge >= 0.3 is 5.97 Å². The molecule has 0 spiro atoms. The lowest BCUT2D eigenvalue weighted by Gasteiger charge is -2.29. The molecular weight excluding hydrogens is 324 g/mol. The number of esters is 1. The van der Waals surface area contributed by atoms with Gasteiger partial charge in [0, 0.05) is 5.56 Å². The average molecular weight is 348 g/mol.